The molecule has 3 rings (SSSR count). The monoisotopic (exact) mass is 325 g/mol. The van der Waals surface area contributed by atoms with Crippen molar-refractivity contribution in [2.75, 3.05) is 0 Å². The third-order valence-electron chi connectivity index (χ3n) is 2.55. The van der Waals surface area contributed by atoms with Gasteiger partial charge in [0.2, 0.25) is 5.28 Å². The molecule has 3 nitrogen and oxygen atoms in total. The molecule has 0 radical (unpaired) electrons. The molecule has 0 aliphatic carbocycles. The molecule has 90 valence electrons. The molecule has 0 fully saturated rings. The minimum absolute atomic E-state index is 0.279. The Labute approximate surface area is 115 Å². The van der Waals surface area contributed by atoms with Crippen molar-refractivity contribution < 1.29 is 4.39 Å². The van der Waals surface area contributed by atoms with Gasteiger partial charge in [0.15, 0.2) is 0 Å². The number of aromatic nitrogens is 3. The number of benzene rings is 1. The number of halogens is 3. The molecular weight excluding hydrogens is 321 g/mol. The smallest absolute Gasteiger partial charge is 0.209 e. The number of imidazole rings is 1. The first-order valence-corrected chi connectivity index (χ1v) is 6.28. The molecule has 2 aromatic heterocycles. The SMILES string of the molecule is Fc1ccc(-c2nc3ccnc(Cl)n3c2Br)cc1. The van der Waals surface area contributed by atoms with Crippen molar-refractivity contribution >= 4 is 33.2 Å². The molecule has 18 heavy (non-hydrogen) atoms. The minimum Gasteiger partial charge on any atom is -0.260 e. The highest BCUT2D eigenvalue weighted by molar-refractivity contribution is 9.10. The van der Waals surface area contributed by atoms with Crippen LogP contribution in [-0.4, -0.2) is 14.4 Å². The summed E-state index contributed by atoms with van der Waals surface area (Å²) in [7, 11) is 0. The second-order valence-electron chi connectivity index (χ2n) is 3.67. The van der Waals surface area contributed by atoms with E-state index in [4.69, 9.17) is 11.6 Å². The van der Waals surface area contributed by atoms with Crippen molar-refractivity contribution in [2.45, 2.75) is 0 Å². The summed E-state index contributed by atoms with van der Waals surface area (Å²) in [5.74, 6) is -0.279. The highest BCUT2D eigenvalue weighted by Gasteiger charge is 2.13. The number of hydrogen-bond acceptors (Lipinski definition) is 2. The molecule has 0 saturated carbocycles. The van der Waals surface area contributed by atoms with Crippen LogP contribution in [-0.2, 0) is 0 Å². The molecule has 1 aromatic carbocycles. The summed E-state index contributed by atoms with van der Waals surface area (Å²) < 4.78 is 15.3. The first kappa shape index (κ1) is 11.6. The van der Waals surface area contributed by atoms with Crippen molar-refractivity contribution in [3.05, 3.63) is 52.2 Å². The van der Waals surface area contributed by atoms with Gasteiger partial charge in [-0.25, -0.2) is 14.4 Å². The van der Waals surface area contributed by atoms with E-state index in [1.54, 1.807) is 28.8 Å². The van der Waals surface area contributed by atoms with Crippen molar-refractivity contribution in [3.8, 4) is 11.3 Å². The summed E-state index contributed by atoms with van der Waals surface area (Å²) in [6, 6.07) is 7.88. The van der Waals surface area contributed by atoms with Crippen molar-refractivity contribution in [1.29, 1.82) is 0 Å². The first-order chi connectivity index (χ1) is 8.66. The lowest BCUT2D eigenvalue weighted by atomic mass is 10.2. The molecule has 0 spiro atoms. The van der Waals surface area contributed by atoms with Crippen molar-refractivity contribution in [3.63, 3.8) is 0 Å². The van der Waals surface area contributed by atoms with Gasteiger partial charge in [-0.1, -0.05) is 0 Å². The average Bonchev–Trinajstić information content (AvgIpc) is 2.69. The standard InChI is InChI=1S/C12H6BrClFN3/c13-11-10(7-1-3-8(15)4-2-7)17-9-5-6-16-12(14)18(9)11/h1-6H. The molecule has 0 saturated heterocycles. The van der Waals surface area contributed by atoms with Crippen LogP contribution < -0.4 is 0 Å². The van der Waals surface area contributed by atoms with Gasteiger partial charge in [-0.15, -0.1) is 0 Å². The lowest BCUT2D eigenvalue weighted by molar-refractivity contribution is 0.628. The molecule has 3 aromatic rings. The van der Waals surface area contributed by atoms with Gasteiger partial charge in [-0.05, 0) is 57.9 Å². The summed E-state index contributed by atoms with van der Waals surface area (Å²) in [6.45, 7) is 0. The normalized spacial score (nSPS) is 11.1. The summed E-state index contributed by atoms with van der Waals surface area (Å²) in [5, 5.41) is 0.320. The molecule has 0 unspecified atom stereocenters. The minimum atomic E-state index is -0.279. The van der Waals surface area contributed by atoms with Gasteiger partial charge in [0.1, 0.15) is 21.8 Å². The van der Waals surface area contributed by atoms with E-state index in [9.17, 15) is 4.39 Å². The van der Waals surface area contributed by atoms with Gasteiger partial charge in [0, 0.05) is 11.8 Å². The molecule has 2 heterocycles. The van der Waals surface area contributed by atoms with Crippen LogP contribution in [0.2, 0.25) is 5.28 Å². The highest BCUT2D eigenvalue weighted by Crippen LogP contribution is 2.30. The maximum Gasteiger partial charge on any atom is 0.209 e. The topological polar surface area (TPSA) is 30.2 Å². The van der Waals surface area contributed by atoms with Gasteiger partial charge >= 0.3 is 0 Å². The Morgan fingerprint density at radius 2 is 1.89 bits per heavy atom. The lowest BCUT2D eigenvalue weighted by Gasteiger charge is -1.98. The number of rotatable bonds is 1. The maximum absolute atomic E-state index is 12.9. The summed E-state index contributed by atoms with van der Waals surface area (Å²) >= 11 is 9.45. The Morgan fingerprint density at radius 1 is 1.17 bits per heavy atom. The summed E-state index contributed by atoms with van der Waals surface area (Å²) in [4.78, 5) is 8.43. The zero-order chi connectivity index (χ0) is 12.7. The second kappa shape index (κ2) is 4.33. The van der Waals surface area contributed by atoms with Gasteiger partial charge in [-0.3, -0.25) is 4.40 Å². The van der Waals surface area contributed by atoms with Crippen LogP contribution in [0.5, 0.6) is 0 Å². The van der Waals surface area contributed by atoms with Crippen molar-refractivity contribution in [2.24, 2.45) is 0 Å². The fourth-order valence-electron chi connectivity index (χ4n) is 1.72. The van der Waals surface area contributed by atoms with Gasteiger partial charge in [0.25, 0.3) is 0 Å². The summed E-state index contributed by atoms with van der Waals surface area (Å²) in [5.41, 5.74) is 2.19. The molecule has 0 bridgehead atoms. The summed E-state index contributed by atoms with van der Waals surface area (Å²) in [6.07, 6.45) is 1.59. The third-order valence-corrected chi connectivity index (χ3v) is 3.55. The number of hydrogen-bond donors (Lipinski definition) is 0. The van der Waals surface area contributed by atoms with Crippen LogP contribution in [0.15, 0.2) is 41.1 Å². The van der Waals surface area contributed by atoms with Crippen LogP contribution >= 0.6 is 27.5 Å². The Balaban J connectivity index is 2.27. The van der Waals surface area contributed by atoms with E-state index in [1.165, 1.54) is 12.1 Å². The zero-order valence-electron chi connectivity index (χ0n) is 8.94. The van der Waals surface area contributed by atoms with E-state index < -0.39 is 0 Å². The Morgan fingerprint density at radius 3 is 2.56 bits per heavy atom. The quantitative estimate of drug-likeness (QED) is 0.634. The van der Waals surface area contributed by atoms with E-state index in [-0.39, 0.29) is 5.82 Å². The Kier molecular flexibility index (Phi) is 2.80. The zero-order valence-corrected chi connectivity index (χ0v) is 11.3. The van der Waals surface area contributed by atoms with E-state index in [0.29, 0.717) is 21.2 Å². The highest BCUT2D eigenvalue weighted by atomic mass is 79.9. The van der Waals surface area contributed by atoms with Crippen LogP contribution in [0.3, 0.4) is 0 Å². The predicted octanol–water partition coefficient (Wildman–Crippen LogP) is 3.95. The van der Waals surface area contributed by atoms with Crippen LogP contribution in [0, 0.1) is 5.82 Å². The van der Waals surface area contributed by atoms with E-state index in [0.717, 1.165) is 5.56 Å². The molecule has 0 aliphatic heterocycles. The predicted molar refractivity (Wildman–Crippen MR) is 71.1 cm³/mol. The van der Waals surface area contributed by atoms with E-state index >= 15 is 0 Å². The third kappa shape index (κ3) is 1.79. The number of nitrogens with zero attached hydrogens (tertiary/aromatic N) is 3. The first-order valence-electron chi connectivity index (χ1n) is 5.11. The fraction of sp³-hybridized carbons (Fsp3) is 0. The van der Waals surface area contributed by atoms with Gasteiger partial charge in [0.05, 0.1) is 0 Å². The maximum atomic E-state index is 12.9. The largest absolute Gasteiger partial charge is 0.260 e. The molecule has 0 N–H and O–H groups in total. The Hall–Kier alpha value is -1.46. The molecule has 6 heteroatoms. The van der Waals surface area contributed by atoms with E-state index in [1.807, 2.05) is 0 Å². The van der Waals surface area contributed by atoms with Gasteiger partial charge in [-0.2, -0.15) is 0 Å². The fourth-order valence-corrected chi connectivity index (χ4v) is 2.72. The van der Waals surface area contributed by atoms with Crippen molar-refractivity contribution in [1.82, 2.24) is 14.4 Å². The van der Waals surface area contributed by atoms with Crippen LogP contribution in [0.25, 0.3) is 16.9 Å². The molecule has 0 aliphatic rings. The van der Waals surface area contributed by atoms with Crippen LogP contribution in [0.4, 0.5) is 4.39 Å². The van der Waals surface area contributed by atoms with Crippen LogP contribution in [0.1, 0.15) is 0 Å². The molecule has 0 amide bonds. The number of fused-ring (bicyclic) bond motifs is 1. The average molecular weight is 327 g/mol. The van der Waals surface area contributed by atoms with Gasteiger partial charge < -0.3 is 0 Å². The molecular formula is C12H6BrClFN3. The Bertz CT molecular complexity index is 724. The lowest BCUT2D eigenvalue weighted by Crippen LogP contribution is -1.89. The molecule has 0 atom stereocenters. The van der Waals surface area contributed by atoms with E-state index in [2.05, 4.69) is 25.9 Å². The second-order valence-corrected chi connectivity index (χ2v) is 4.75.